The highest BCUT2D eigenvalue weighted by Gasteiger charge is 2.02. The van der Waals surface area contributed by atoms with Crippen molar-refractivity contribution in [3.63, 3.8) is 0 Å². The number of aryl methyl sites for hydroxylation is 1. The van der Waals surface area contributed by atoms with Gasteiger partial charge in [0.2, 0.25) is 0 Å². The number of hydrogen-bond acceptors (Lipinski definition) is 4. The number of nitriles is 1. The van der Waals surface area contributed by atoms with E-state index in [1.807, 2.05) is 24.3 Å². The summed E-state index contributed by atoms with van der Waals surface area (Å²) in [5, 5.41) is 8.52. The maximum atomic E-state index is 8.52. The lowest BCUT2D eigenvalue weighted by atomic mass is 10.1. The summed E-state index contributed by atoms with van der Waals surface area (Å²) in [6.45, 7) is 4.54. The molecule has 1 rings (SSSR count). The molecule has 0 aliphatic rings. The van der Waals surface area contributed by atoms with Crippen LogP contribution in [-0.2, 0) is 11.2 Å². The minimum atomic E-state index is -0.404. The molecule has 1 aromatic carbocycles. The summed E-state index contributed by atoms with van der Waals surface area (Å²) in [7, 11) is 0. The van der Waals surface area contributed by atoms with Crippen molar-refractivity contribution < 1.29 is 9.47 Å². The first-order chi connectivity index (χ1) is 8.17. The molecule has 0 aromatic heterocycles. The van der Waals surface area contributed by atoms with Gasteiger partial charge in [0.25, 0.3) is 0 Å². The molecule has 4 heteroatoms. The Morgan fingerprint density at radius 3 is 2.76 bits per heavy atom. The predicted molar refractivity (Wildman–Crippen MR) is 66.8 cm³/mol. The van der Waals surface area contributed by atoms with Crippen molar-refractivity contribution in [3.8, 4) is 11.8 Å². The molecule has 0 saturated carbocycles. The van der Waals surface area contributed by atoms with E-state index in [2.05, 4.69) is 6.92 Å². The molecular formula is C13H18N2O2. The largest absolute Gasteiger partial charge is 0.489 e. The number of benzene rings is 1. The number of nitrogens with zero attached hydrogens (tertiary/aromatic N) is 1. The summed E-state index contributed by atoms with van der Waals surface area (Å²) in [5.74, 6) is 0.662. The zero-order chi connectivity index (χ0) is 12.7. The lowest BCUT2D eigenvalue weighted by molar-refractivity contribution is 0.0746. The van der Waals surface area contributed by atoms with Gasteiger partial charge in [0.15, 0.2) is 0 Å². The van der Waals surface area contributed by atoms with Gasteiger partial charge in [-0.3, -0.25) is 0 Å². The Labute approximate surface area is 102 Å². The Hall–Kier alpha value is -1.73. The van der Waals surface area contributed by atoms with Crippen molar-refractivity contribution in [1.82, 2.24) is 0 Å². The average Bonchev–Trinajstić information content (AvgIpc) is 2.35. The number of rotatable bonds is 6. The van der Waals surface area contributed by atoms with Crippen LogP contribution in [0.1, 0.15) is 19.4 Å². The first-order valence-electron chi connectivity index (χ1n) is 5.69. The number of ether oxygens (including phenoxy) is 2. The SMILES string of the molecule is CCc1ccc(OCCOC(C)C#N)c(N)c1. The van der Waals surface area contributed by atoms with Crippen LogP contribution in [0.4, 0.5) is 5.69 Å². The second-order valence-electron chi connectivity index (χ2n) is 3.72. The molecule has 1 aromatic rings. The molecular weight excluding hydrogens is 216 g/mol. The van der Waals surface area contributed by atoms with Gasteiger partial charge in [-0.05, 0) is 31.0 Å². The first kappa shape index (κ1) is 13.3. The predicted octanol–water partition coefficient (Wildman–Crippen LogP) is 2.14. The Balaban J connectivity index is 2.40. The molecule has 4 nitrogen and oxygen atoms in total. The van der Waals surface area contributed by atoms with Crippen LogP contribution < -0.4 is 10.5 Å². The molecule has 2 N–H and O–H groups in total. The third-order valence-electron chi connectivity index (χ3n) is 2.37. The van der Waals surface area contributed by atoms with E-state index in [9.17, 15) is 0 Å². The summed E-state index contributed by atoms with van der Waals surface area (Å²) < 4.78 is 10.6. The van der Waals surface area contributed by atoms with Crippen LogP contribution in [0.15, 0.2) is 18.2 Å². The Kier molecular flexibility index (Phi) is 5.31. The minimum absolute atomic E-state index is 0.379. The summed E-state index contributed by atoms with van der Waals surface area (Å²) in [6.07, 6.45) is 0.547. The van der Waals surface area contributed by atoms with Gasteiger partial charge in [-0.2, -0.15) is 5.26 Å². The van der Waals surface area contributed by atoms with Crippen molar-refractivity contribution >= 4 is 5.69 Å². The molecule has 0 fully saturated rings. The Bertz CT molecular complexity index is 399. The smallest absolute Gasteiger partial charge is 0.142 e. The topological polar surface area (TPSA) is 68.3 Å². The average molecular weight is 234 g/mol. The quantitative estimate of drug-likeness (QED) is 0.604. The number of hydrogen-bond donors (Lipinski definition) is 1. The van der Waals surface area contributed by atoms with Gasteiger partial charge in [-0.1, -0.05) is 13.0 Å². The van der Waals surface area contributed by atoms with E-state index in [0.29, 0.717) is 24.7 Å². The molecule has 0 amide bonds. The second kappa shape index (κ2) is 6.77. The van der Waals surface area contributed by atoms with E-state index < -0.39 is 6.10 Å². The van der Waals surface area contributed by atoms with Gasteiger partial charge in [-0.25, -0.2) is 0 Å². The van der Waals surface area contributed by atoms with Gasteiger partial charge < -0.3 is 15.2 Å². The van der Waals surface area contributed by atoms with Crippen LogP contribution in [-0.4, -0.2) is 19.3 Å². The fraction of sp³-hybridized carbons (Fsp3) is 0.462. The maximum absolute atomic E-state index is 8.52. The molecule has 0 heterocycles. The summed E-state index contributed by atoms with van der Waals surface area (Å²) in [4.78, 5) is 0. The van der Waals surface area contributed by atoms with Gasteiger partial charge in [0.05, 0.1) is 18.4 Å². The maximum Gasteiger partial charge on any atom is 0.142 e. The number of anilines is 1. The van der Waals surface area contributed by atoms with E-state index in [1.165, 1.54) is 5.56 Å². The first-order valence-corrected chi connectivity index (χ1v) is 5.69. The van der Waals surface area contributed by atoms with Crippen LogP contribution in [0, 0.1) is 11.3 Å². The van der Waals surface area contributed by atoms with Gasteiger partial charge >= 0.3 is 0 Å². The fourth-order valence-corrected chi connectivity index (χ4v) is 1.36. The van der Waals surface area contributed by atoms with E-state index in [0.717, 1.165) is 6.42 Å². The fourth-order valence-electron chi connectivity index (χ4n) is 1.36. The number of nitrogen functional groups attached to an aromatic ring is 1. The van der Waals surface area contributed by atoms with E-state index >= 15 is 0 Å². The normalized spacial score (nSPS) is 11.8. The molecule has 0 bridgehead atoms. The molecule has 92 valence electrons. The molecule has 1 atom stereocenters. The molecule has 17 heavy (non-hydrogen) atoms. The van der Waals surface area contributed by atoms with Crippen LogP contribution in [0.5, 0.6) is 5.75 Å². The third kappa shape index (κ3) is 4.33. The molecule has 1 unspecified atom stereocenters. The van der Waals surface area contributed by atoms with Crippen molar-refractivity contribution in [2.24, 2.45) is 0 Å². The lowest BCUT2D eigenvalue weighted by Gasteiger charge is -2.10. The monoisotopic (exact) mass is 234 g/mol. The highest BCUT2D eigenvalue weighted by molar-refractivity contribution is 5.54. The second-order valence-corrected chi connectivity index (χ2v) is 3.72. The Morgan fingerprint density at radius 2 is 2.18 bits per heavy atom. The zero-order valence-electron chi connectivity index (χ0n) is 10.3. The molecule has 0 spiro atoms. The summed E-state index contributed by atoms with van der Waals surface area (Å²) in [6, 6.07) is 7.75. The molecule has 0 radical (unpaired) electrons. The third-order valence-corrected chi connectivity index (χ3v) is 2.37. The lowest BCUT2D eigenvalue weighted by Crippen LogP contribution is -2.13. The Morgan fingerprint density at radius 1 is 1.41 bits per heavy atom. The van der Waals surface area contributed by atoms with Crippen LogP contribution in [0.3, 0.4) is 0 Å². The highest BCUT2D eigenvalue weighted by atomic mass is 16.5. The van der Waals surface area contributed by atoms with Crippen LogP contribution in [0.25, 0.3) is 0 Å². The van der Waals surface area contributed by atoms with Crippen molar-refractivity contribution in [3.05, 3.63) is 23.8 Å². The minimum Gasteiger partial charge on any atom is -0.489 e. The van der Waals surface area contributed by atoms with Gasteiger partial charge in [0, 0.05) is 0 Å². The van der Waals surface area contributed by atoms with Crippen molar-refractivity contribution in [1.29, 1.82) is 5.26 Å². The zero-order valence-corrected chi connectivity index (χ0v) is 10.3. The highest BCUT2D eigenvalue weighted by Crippen LogP contribution is 2.22. The molecule has 0 aliphatic carbocycles. The van der Waals surface area contributed by atoms with Gasteiger partial charge in [-0.15, -0.1) is 0 Å². The standard InChI is InChI=1S/C13H18N2O2/c1-3-11-4-5-13(12(15)8-11)17-7-6-16-10(2)9-14/h4-5,8,10H,3,6-7,15H2,1-2H3. The summed E-state index contributed by atoms with van der Waals surface area (Å²) in [5.41, 5.74) is 7.67. The van der Waals surface area contributed by atoms with Crippen molar-refractivity contribution in [2.75, 3.05) is 18.9 Å². The van der Waals surface area contributed by atoms with Crippen molar-refractivity contribution in [2.45, 2.75) is 26.4 Å². The van der Waals surface area contributed by atoms with Crippen LogP contribution >= 0.6 is 0 Å². The van der Waals surface area contributed by atoms with Gasteiger partial charge in [0.1, 0.15) is 18.5 Å². The van der Waals surface area contributed by atoms with Crippen LogP contribution in [0.2, 0.25) is 0 Å². The van der Waals surface area contributed by atoms with E-state index in [-0.39, 0.29) is 0 Å². The van der Waals surface area contributed by atoms with E-state index in [1.54, 1.807) is 6.92 Å². The number of nitrogens with two attached hydrogens (primary N) is 1. The van der Waals surface area contributed by atoms with E-state index in [4.69, 9.17) is 20.5 Å². The molecule has 0 saturated heterocycles. The molecule has 0 aliphatic heterocycles. The summed E-state index contributed by atoms with van der Waals surface area (Å²) >= 11 is 0.